The average Bonchev–Trinajstić information content (AvgIpc) is 3.37. The Morgan fingerprint density at radius 1 is 1.17 bits per heavy atom. The number of carboxylic acid groups (broad SMARTS) is 1. The van der Waals surface area contributed by atoms with Gasteiger partial charge >= 0.3 is 13.6 Å². The molecular formula is C22H23N6O7P. The van der Waals surface area contributed by atoms with Gasteiger partial charge in [0, 0.05) is 25.3 Å². The number of H-pyrrole nitrogens is 1. The van der Waals surface area contributed by atoms with Crippen LogP contribution < -0.4 is 11.1 Å². The number of carbonyl (C=O) groups excluding carboxylic acids is 2. The van der Waals surface area contributed by atoms with E-state index < -0.39 is 37.6 Å². The lowest BCUT2D eigenvalue weighted by molar-refractivity contribution is -0.138. The zero-order chi connectivity index (χ0) is 26.2. The van der Waals surface area contributed by atoms with Gasteiger partial charge in [-0.1, -0.05) is 0 Å². The maximum Gasteiger partial charge on any atom is 0.330 e. The van der Waals surface area contributed by atoms with E-state index in [0.717, 1.165) is 7.11 Å². The van der Waals surface area contributed by atoms with E-state index in [1.807, 2.05) is 0 Å². The molecule has 2 amide bonds. The first-order valence-corrected chi connectivity index (χ1v) is 12.4. The van der Waals surface area contributed by atoms with Crippen LogP contribution in [0.4, 0.5) is 0 Å². The molecule has 188 valence electrons. The van der Waals surface area contributed by atoms with Crippen LogP contribution in [-0.2, 0) is 27.4 Å². The number of rotatable bonds is 9. The molecule has 14 heteroatoms. The molecule has 2 atom stereocenters. The minimum atomic E-state index is -4.17. The monoisotopic (exact) mass is 514 g/mol. The van der Waals surface area contributed by atoms with Crippen LogP contribution in [0.25, 0.3) is 22.1 Å². The van der Waals surface area contributed by atoms with Gasteiger partial charge in [0.05, 0.1) is 34.6 Å². The third kappa shape index (κ3) is 5.13. The molecule has 0 aliphatic rings. The minimum absolute atomic E-state index is 0.149. The predicted molar refractivity (Wildman–Crippen MR) is 129 cm³/mol. The van der Waals surface area contributed by atoms with Crippen LogP contribution in [0.2, 0.25) is 0 Å². The smallest absolute Gasteiger partial charge is 0.330 e. The second-order valence-corrected chi connectivity index (χ2v) is 10.1. The number of nitrogens with one attached hydrogen (secondary N) is 2. The molecular weight excluding hydrogens is 491 g/mol. The Kier molecular flexibility index (Phi) is 6.63. The molecule has 2 heterocycles. The summed E-state index contributed by atoms with van der Waals surface area (Å²) in [5.41, 5.74) is 8.39. The highest BCUT2D eigenvalue weighted by molar-refractivity contribution is 7.52. The van der Waals surface area contributed by atoms with E-state index in [-0.39, 0.29) is 5.56 Å². The summed E-state index contributed by atoms with van der Waals surface area (Å²) in [6.07, 6.45) is -0.446. The van der Waals surface area contributed by atoms with Crippen molar-refractivity contribution < 1.29 is 33.5 Å². The van der Waals surface area contributed by atoms with Crippen LogP contribution in [0.5, 0.6) is 0 Å². The van der Waals surface area contributed by atoms with Crippen LogP contribution in [0.15, 0.2) is 36.4 Å². The summed E-state index contributed by atoms with van der Waals surface area (Å²) >= 11 is 0. The number of aromatic amines is 1. The molecule has 0 aliphatic heterocycles. The minimum Gasteiger partial charge on any atom is -0.480 e. The zero-order valence-electron chi connectivity index (χ0n) is 19.3. The van der Waals surface area contributed by atoms with E-state index in [2.05, 4.69) is 24.8 Å². The Balaban J connectivity index is 1.57. The standard InChI is InChI=1S/C22H23N6O7P/c1-28-17-8-12(21(30)27-16(22(31)32)10-36(33,34)35-2)4-6-14(17)26-19(28)9-18-24-13-5-3-11(20(23)29)7-15(13)25-18/h3-8,16H,9-10H2,1-2H3,(H2,23,29)(H,24,25)(H,27,30)(H,31,32)(H,33,34). The van der Waals surface area contributed by atoms with Gasteiger partial charge in [0.2, 0.25) is 5.91 Å². The van der Waals surface area contributed by atoms with Crippen molar-refractivity contribution in [2.75, 3.05) is 13.3 Å². The highest BCUT2D eigenvalue weighted by atomic mass is 31.2. The van der Waals surface area contributed by atoms with E-state index in [0.29, 0.717) is 45.7 Å². The van der Waals surface area contributed by atoms with Crippen LogP contribution in [0.3, 0.4) is 0 Å². The molecule has 0 radical (unpaired) electrons. The first-order chi connectivity index (χ1) is 17.0. The number of benzene rings is 2. The molecule has 0 bridgehead atoms. The van der Waals surface area contributed by atoms with Crippen molar-refractivity contribution in [1.29, 1.82) is 0 Å². The molecule has 6 N–H and O–H groups in total. The van der Waals surface area contributed by atoms with Crippen LogP contribution in [0, 0.1) is 0 Å². The molecule has 0 fully saturated rings. The number of nitrogens with two attached hydrogens (primary N) is 1. The van der Waals surface area contributed by atoms with Gasteiger partial charge in [0.1, 0.15) is 17.7 Å². The Hall–Kier alpha value is -4.06. The summed E-state index contributed by atoms with van der Waals surface area (Å²) in [6.45, 7) is 0. The van der Waals surface area contributed by atoms with Crippen molar-refractivity contribution >= 4 is 47.4 Å². The summed E-state index contributed by atoms with van der Waals surface area (Å²) in [7, 11) is -1.42. The summed E-state index contributed by atoms with van der Waals surface area (Å²) in [5, 5.41) is 11.6. The van der Waals surface area contributed by atoms with Gasteiger partial charge in [-0.25, -0.2) is 14.8 Å². The molecule has 2 unspecified atom stereocenters. The highest BCUT2D eigenvalue weighted by Crippen LogP contribution is 2.41. The number of nitrogens with zero attached hydrogens (tertiary/aromatic N) is 3. The van der Waals surface area contributed by atoms with Crippen molar-refractivity contribution in [3.63, 3.8) is 0 Å². The van der Waals surface area contributed by atoms with E-state index in [4.69, 9.17) is 5.73 Å². The fraction of sp³-hybridized carbons (Fsp3) is 0.227. The van der Waals surface area contributed by atoms with Gasteiger partial charge in [0.15, 0.2) is 0 Å². The number of primary amides is 1. The van der Waals surface area contributed by atoms with Crippen molar-refractivity contribution in [1.82, 2.24) is 24.8 Å². The SMILES string of the molecule is COP(=O)(O)CC(NC(=O)c1ccc2nc(Cc3nc4ccc(C(N)=O)cc4[nH]3)n(C)c2c1)C(=O)O. The number of aliphatic carboxylic acids is 1. The lowest BCUT2D eigenvalue weighted by Crippen LogP contribution is -2.43. The largest absolute Gasteiger partial charge is 0.480 e. The van der Waals surface area contributed by atoms with Crippen LogP contribution >= 0.6 is 7.60 Å². The Labute approximate surface area is 203 Å². The summed E-state index contributed by atoms with van der Waals surface area (Å²) in [5.74, 6) is -1.49. The molecule has 36 heavy (non-hydrogen) atoms. The number of fused-ring (bicyclic) bond motifs is 2. The average molecular weight is 514 g/mol. The fourth-order valence-corrected chi connectivity index (χ4v) is 4.58. The quantitative estimate of drug-likeness (QED) is 0.203. The van der Waals surface area contributed by atoms with Gasteiger partial charge in [-0.15, -0.1) is 0 Å². The van der Waals surface area contributed by atoms with Crippen molar-refractivity contribution in [3.8, 4) is 0 Å². The summed E-state index contributed by atoms with van der Waals surface area (Å²) < 4.78 is 18.0. The van der Waals surface area contributed by atoms with E-state index >= 15 is 0 Å². The Morgan fingerprint density at radius 3 is 2.53 bits per heavy atom. The third-order valence-electron chi connectivity index (χ3n) is 5.68. The number of carboxylic acids is 1. The molecule has 2 aromatic heterocycles. The van der Waals surface area contributed by atoms with E-state index in [9.17, 15) is 28.9 Å². The molecule has 4 aromatic rings. The number of amides is 2. The van der Waals surface area contributed by atoms with Crippen molar-refractivity contribution in [2.24, 2.45) is 12.8 Å². The van der Waals surface area contributed by atoms with Gasteiger partial charge in [0.25, 0.3) is 5.91 Å². The predicted octanol–water partition coefficient (Wildman–Crippen LogP) is 1.15. The maximum absolute atomic E-state index is 12.7. The second-order valence-electron chi connectivity index (χ2n) is 8.11. The number of hydrogen-bond acceptors (Lipinski definition) is 7. The fourth-order valence-electron chi connectivity index (χ4n) is 3.72. The van der Waals surface area contributed by atoms with Crippen molar-refractivity contribution in [2.45, 2.75) is 12.5 Å². The molecule has 0 saturated carbocycles. The van der Waals surface area contributed by atoms with E-state index in [1.165, 1.54) is 6.07 Å². The normalized spacial score (nSPS) is 14.0. The first kappa shape index (κ1) is 25.0. The Morgan fingerprint density at radius 2 is 1.86 bits per heavy atom. The van der Waals surface area contributed by atoms with Gasteiger partial charge < -0.3 is 35.1 Å². The van der Waals surface area contributed by atoms with E-state index in [1.54, 1.807) is 41.9 Å². The number of aromatic nitrogens is 4. The molecule has 0 spiro atoms. The van der Waals surface area contributed by atoms with Crippen LogP contribution in [0.1, 0.15) is 32.4 Å². The number of aryl methyl sites for hydroxylation is 1. The molecule has 2 aromatic carbocycles. The summed E-state index contributed by atoms with van der Waals surface area (Å²) in [6, 6.07) is 7.95. The van der Waals surface area contributed by atoms with Crippen molar-refractivity contribution in [3.05, 3.63) is 59.2 Å². The summed E-state index contributed by atoms with van der Waals surface area (Å²) in [4.78, 5) is 57.4. The Bertz CT molecular complexity index is 1560. The molecule has 13 nitrogen and oxygen atoms in total. The highest BCUT2D eigenvalue weighted by Gasteiger charge is 2.30. The zero-order valence-corrected chi connectivity index (χ0v) is 20.2. The maximum atomic E-state index is 12.7. The lowest BCUT2D eigenvalue weighted by atomic mass is 10.1. The van der Waals surface area contributed by atoms with Gasteiger partial charge in [-0.2, -0.15) is 0 Å². The van der Waals surface area contributed by atoms with Gasteiger partial charge in [-0.3, -0.25) is 14.2 Å². The third-order valence-corrected chi connectivity index (χ3v) is 7.08. The molecule has 0 aliphatic carbocycles. The number of hydrogen-bond donors (Lipinski definition) is 5. The van der Waals surface area contributed by atoms with Crippen LogP contribution in [-0.4, -0.2) is 66.6 Å². The topological polar surface area (TPSA) is 203 Å². The van der Waals surface area contributed by atoms with Gasteiger partial charge in [-0.05, 0) is 36.4 Å². The molecule has 0 saturated heterocycles. The first-order valence-electron chi connectivity index (χ1n) is 10.6. The number of carbonyl (C=O) groups is 3. The number of imidazole rings is 2. The molecule has 4 rings (SSSR count). The second kappa shape index (κ2) is 9.53. The lowest BCUT2D eigenvalue weighted by Gasteiger charge is -2.17.